The summed E-state index contributed by atoms with van der Waals surface area (Å²) in [5.41, 5.74) is 7.28. The van der Waals surface area contributed by atoms with Gasteiger partial charge in [0, 0.05) is 27.3 Å². The number of nitrogens with zero attached hydrogens (tertiary/aromatic N) is 1. The van der Waals surface area contributed by atoms with Crippen molar-refractivity contribution in [3.05, 3.63) is 56.2 Å². The molecule has 2 aromatic rings. The molecule has 0 fully saturated rings. The van der Waals surface area contributed by atoms with Crippen LogP contribution in [0.15, 0.2) is 40.9 Å². The maximum atomic E-state index is 5.97. The first kappa shape index (κ1) is 14.7. The van der Waals surface area contributed by atoms with Gasteiger partial charge in [0.15, 0.2) is 0 Å². The minimum atomic E-state index is 0.273. The fourth-order valence-electron chi connectivity index (χ4n) is 2.14. The molecule has 1 atom stereocenters. The molecule has 1 aromatic heterocycles. The number of hydrogen-bond donors (Lipinski definition) is 1. The van der Waals surface area contributed by atoms with E-state index in [1.807, 2.05) is 17.4 Å². The molecule has 0 aliphatic heterocycles. The number of rotatable bonds is 5. The molecule has 0 spiro atoms. The monoisotopic (exact) mass is 338 g/mol. The quantitative estimate of drug-likeness (QED) is 0.894. The van der Waals surface area contributed by atoms with Gasteiger partial charge in [0.1, 0.15) is 0 Å². The van der Waals surface area contributed by atoms with Crippen LogP contribution >= 0.6 is 27.3 Å². The van der Waals surface area contributed by atoms with E-state index in [-0.39, 0.29) is 6.04 Å². The zero-order valence-electron chi connectivity index (χ0n) is 11.3. The molecule has 4 heteroatoms. The van der Waals surface area contributed by atoms with E-state index in [0.717, 1.165) is 6.54 Å². The molecular formula is C15H19BrN2S. The number of hydrogen-bond acceptors (Lipinski definition) is 3. The summed E-state index contributed by atoms with van der Waals surface area (Å²) in [6.45, 7) is 3.68. The molecule has 102 valence electrons. The van der Waals surface area contributed by atoms with Crippen LogP contribution in [0.25, 0.3) is 0 Å². The van der Waals surface area contributed by atoms with Gasteiger partial charge < -0.3 is 5.73 Å². The van der Waals surface area contributed by atoms with Gasteiger partial charge in [-0.15, -0.1) is 11.3 Å². The van der Waals surface area contributed by atoms with Crippen molar-refractivity contribution in [2.75, 3.05) is 13.6 Å². The van der Waals surface area contributed by atoms with Crippen molar-refractivity contribution in [2.45, 2.75) is 19.5 Å². The molecule has 0 aliphatic rings. The predicted octanol–water partition coefficient (Wildman–Crippen LogP) is 3.95. The Balaban J connectivity index is 2.13. The average Bonchev–Trinajstić information content (AvgIpc) is 2.71. The molecule has 1 aromatic carbocycles. The second-order valence-corrected chi connectivity index (χ2v) is 6.85. The van der Waals surface area contributed by atoms with Gasteiger partial charge in [-0.2, -0.15) is 0 Å². The highest BCUT2D eigenvalue weighted by Gasteiger charge is 2.18. The topological polar surface area (TPSA) is 29.3 Å². The highest BCUT2D eigenvalue weighted by atomic mass is 79.9. The van der Waals surface area contributed by atoms with Gasteiger partial charge in [0.25, 0.3) is 0 Å². The minimum Gasteiger partial charge on any atom is -0.329 e. The fraction of sp³-hybridized carbons (Fsp3) is 0.333. The van der Waals surface area contributed by atoms with Crippen molar-refractivity contribution < 1.29 is 0 Å². The molecule has 0 amide bonds. The van der Waals surface area contributed by atoms with Crippen LogP contribution < -0.4 is 5.73 Å². The van der Waals surface area contributed by atoms with Crippen molar-refractivity contribution in [3.63, 3.8) is 0 Å². The highest BCUT2D eigenvalue weighted by Crippen LogP contribution is 2.32. The molecule has 0 bridgehead atoms. The normalized spacial score (nSPS) is 12.9. The summed E-state index contributed by atoms with van der Waals surface area (Å²) in [6.07, 6.45) is 0. The summed E-state index contributed by atoms with van der Waals surface area (Å²) < 4.78 is 1.18. The molecule has 0 saturated heterocycles. The van der Waals surface area contributed by atoms with Crippen LogP contribution in [0.3, 0.4) is 0 Å². The molecule has 2 rings (SSSR count). The predicted molar refractivity (Wildman–Crippen MR) is 86.5 cm³/mol. The van der Waals surface area contributed by atoms with Gasteiger partial charge in [0.05, 0.1) is 6.04 Å². The third-order valence-corrected chi connectivity index (χ3v) is 5.47. The summed E-state index contributed by atoms with van der Waals surface area (Å²) in [5.74, 6) is 0. The lowest BCUT2D eigenvalue weighted by molar-refractivity contribution is 0.245. The summed E-state index contributed by atoms with van der Waals surface area (Å²) in [7, 11) is 2.13. The lowest BCUT2D eigenvalue weighted by Crippen LogP contribution is -2.29. The smallest absolute Gasteiger partial charge is 0.0565 e. The standard InChI is InChI=1S/C15H19BrN2S/c1-11-13(16)8-15(19-11)14(9-17)18(2)10-12-6-4-3-5-7-12/h3-8,14H,9-10,17H2,1-2H3. The summed E-state index contributed by atoms with van der Waals surface area (Å²) in [4.78, 5) is 4.94. The molecule has 19 heavy (non-hydrogen) atoms. The Labute approximate surface area is 127 Å². The summed E-state index contributed by atoms with van der Waals surface area (Å²) in [6, 6.07) is 13.0. The van der Waals surface area contributed by atoms with Gasteiger partial charge in [-0.3, -0.25) is 4.90 Å². The van der Waals surface area contributed by atoms with Crippen LogP contribution in [0.2, 0.25) is 0 Å². The zero-order valence-corrected chi connectivity index (χ0v) is 13.7. The van der Waals surface area contributed by atoms with E-state index in [4.69, 9.17) is 5.73 Å². The van der Waals surface area contributed by atoms with Crippen LogP contribution in [0.1, 0.15) is 21.4 Å². The van der Waals surface area contributed by atoms with E-state index in [2.05, 4.69) is 65.1 Å². The summed E-state index contributed by atoms with van der Waals surface area (Å²) in [5, 5.41) is 0. The van der Waals surface area contributed by atoms with Crippen LogP contribution in [0.5, 0.6) is 0 Å². The van der Waals surface area contributed by atoms with Crippen LogP contribution in [0.4, 0.5) is 0 Å². The molecular weight excluding hydrogens is 320 g/mol. The van der Waals surface area contributed by atoms with Crippen molar-refractivity contribution in [1.29, 1.82) is 0 Å². The maximum absolute atomic E-state index is 5.97. The van der Waals surface area contributed by atoms with E-state index in [1.165, 1.54) is 19.8 Å². The van der Waals surface area contributed by atoms with Crippen molar-refractivity contribution in [3.8, 4) is 0 Å². The van der Waals surface area contributed by atoms with Crippen LogP contribution in [-0.4, -0.2) is 18.5 Å². The third-order valence-electron chi connectivity index (χ3n) is 3.23. The van der Waals surface area contributed by atoms with Crippen LogP contribution in [0, 0.1) is 6.92 Å². The fourth-order valence-corrected chi connectivity index (χ4v) is 3.88. The first-order valence-electron chi connectivity index (χ1n) is 6.32. The number of thiophene rings is 1. The second kappa shape index (κ2) is 6.66. The van der Waals surface area contributed by atoms with Gasteiger partial charge >= 0.3 is 0 Å². The SMILES string of the molecule is Cc1sc(C(CN)N(C)Cc2ccccc2)cc1Br. The molecule has 2 nitrogen and oxygen atoms in total. The van der Waals surface area contributed by atoms with E-state index >= 15 is 0 Å². The largest absolute Gasteiger partial charge is 0.329 e. The first-order chi connectivity index (χ1) is 9.11. The summed E-state index contributed by atoms with van der Waals surface area (Å²) >= 11 is 5.40. The van der Waals surface area contributed by atoms with Gasteiger partial charge in [0.2, 0.25) is 0 Å². The van der Waals surface area contributed by atoms with E-state index in [9.17, 15) is 0 Å². The van der Waals surface area contributed by atoms with Gasteiger partial charge in [-0.25, -0.2) is 0 Å². The number of aryl methyl sites for hydroxylation is 1. The van der Waals surface area contributed by atoms with Crippen molar-refractivity contribution in [2.24, 2.45) is 5.73 Å². The lowest BCUT2D eigenvalue weighted by Gasteiger charge is -2.26. The van der Waals surface area contributed by atoms with E-state index in [1.54, 1.807) is 0 Å². The maximum Gasteiger partial charge on any atom is 0.0565 e. The van der Waals surface area contributed by atoms with Gasteiger partial charge in [-0.05, 0) is 41.5 Å². The first-order valence-corrected chi connectivity index (χ1v) is 7.93. The molecule has 0 radical (unpaired) electrons. The van der Waals surface area contributed by atoms with Crippen LogP contribution in [-0.2, 0) is 6.54 Å². The molecule has 2 N–H and O–H groups in total. The highest BCUT2D eigenvalue weighted by molar-refractivity contribution is 9.10. The van der Waals surface area contributed by atoms with Gasteiger partial charge in [-0.1, -0.05) is 30.3 Å². The minimum absolute atomic E-state index is 0.273. The average molecular weight is 339 g/mol. The van der Waals surface area contributed by atoms with Crippen molar-refractivity contribution in [1.82, 2.24) is 4.90 Å². The number of likely N-dealkylation sites (N-methyl/N-ethyl adjacent to an activating group) is 1. The molecule has 0 aliphatic carbocycles. The second-order valence-electron chi connectivity index (χ2n) is 4.71. The number of nitrogens with two attached hydrogens (primary N) is 1. The van der Waals surface area contributed by atoms with E-state index in [0.29, 0.717) is 6.54 Å². The Morgan fingerprint density at radius 3 is 2.53 bits per heavy atom. The Morgan fingerprint density at radius 2 is 2.00 bits per heavy atom. The lowest BCUT2D eigenvalue weighted by atomic mass is 10.1. The van der Waals surface area contributed by atoms with E-state index < -0.39 is 0 Å². The molecule has 0 saturated carbocycles. The Bertz CT molecular complexity index is 505. The Hall–Kier alpha value is -0.680. The molecule has 1 heterocycles. The Morgan fingerprint density at radius 1 is 1.32 bits per heavy atom. The molecule has 1 unspecified atom stereocenters. The van der Waals surface area contributed by atoms with Crippen molar-refractivity contribution >= 4 is 27.3 Å². The Kier molecular flexibility index (Phi) is 5.16. The third kappa shape index (κ3) is 3.66. The zero-order chi connectivity index (χ0) is 13.8. The number of halogens is 1. The number of benzene rings is 1.